The molecule has 0 aliphatic rings. The number of hydrogen-bond donors (Lipinski definition) is 2. The average molecular weight is 283 g/mol. The maximum Gasteiger partial charge on any atom is 0.230 e. The third kappa shape index (κ3) is 6.61. The molecule has 0 aliphatic heterocycles. The lowest BCUT2D eigenvalue weighted by Gasteiger charge is -2.16. The second-order valence-corrected chi connectivity index (χ2v) is 5.38. The van der Waals surface area contributed by atoms with Crippen molar-refractivity contribution in [1.29, 1.82) is 0 Å². The van der Waals surface area contributed by atoms with Crippen LogP contribution in [0.15, 0.2) is 29.2 Å². The third-order valence-electron chi connectivity index (χ3n) is 2.60. The number of nitrogens with one attached hydrogen (secondary N) is 1. The first-order valence-corrected chi connectivity index (χ1v) is 7.23. The molecule has 19 heavy (non-hydrogen) atoms. The molecule has 0 heterocycles. The van der Waals surface area contributed by atoms with Gasteiger partial charge in [-0.3, -0.25) is 4.79 Å². The van der Waals surface area contributed by atoms with Crippen molar-refractivity contribution in [3.63, 3.8) is 0 Å². The molecular formula is C14H21NO3S. The number of aryl methyl sites for hydroxylation is 1. The summed E-state index contributed by atoms with van der Waals surface area (Å²) in [6.07, 6.45) is 0.509. The number of carbonyl (C=O) groups is 1. The minimum absolute atomic E-state index is 0.0407. The molecule has 0 bridgehead atoms. The highest BCUT2D eigenvalue weighted by Crippen LogP contribution is 2.17. The van der Waals surface area contributed by atoms with Gasteiger partial charge in [0.05, 0.1) is 18.4 Å². The zero-order valence-corrected chi connectivity index (χ0v) is 12.2. The lowest BCUT2D eigenvalue weighted by Crippen LogP contribution is -2.39. The van der Waals surface area contributed by atoms with Crippen LogP contribution < -0.4 is 5.32 Å². The van der Waals surface area contributed by atoms with Crippen LogP contribution >= 0.6 is 11.8 Å². The Balaban J connectivity index is 2.35. The number of methoxy groups -OCH3 is 1. The van der Waals surface area contributed by atoms with Crippen molar-refractivity contribution in [2.24, 2.45) is 0 Å². The summed E-state index contributed by atoms with van der Waals surface area (Å²) >= 11 is 1.50. The lowest BCUT2D eigenvalue weighted by molar-refractivity contribution is -0.119. The Bertz CT molecular complexity index is 375. The van der Waals surface area contributed by atoms with E-state index in [0.717, 1.165) is 4.90 Å². The summed E-state index contributed by atoms with van der Waals surface area (Å²) in [6, 6.07) is 7.95. The Morgan fingerprint density at radius 1 is 1.42 bits per heavy atom. The van der Waals surface area contributed by atoms with E-state index in [9.17, 15) is 4.79 Å². The Labute approximate surface area is 118 Å². The zero-order chi connectivity index (χ0) is 14.1. The molecule has 1 amide bonds. The molecule has 0 saturated carbocycles. The zero-order valence-electron chi connectivity index (χ0n) is 11.4. The van der Waals surface area contributed by atoms with Crippen LogP contribution in [0.25, 0.3) is 0 Å². The van der Waals surface area contributed by atoms with Gasteiger partial charge >= 0.3 is 0 Å². The minimum atomic E-state index is -0.124. The quantitative estimate of drug-likeness (QED) is 0.712. The number of rotatable bonds is 8. The molecule has 0 fully saturated rings. The smallest absolute Gasteiger partial charge is 0.230 e. The van der Waals surface area contributed by atoms with Crippen molar-refractivity contribution in [2.75, 3.05) is 26.1 Å². The van der Waals surface area contributed by atoms with Gasteiger partial charge in [0.2, 0.25) is 5.91 Å². The largest absolute Gasteiger partial charge is 0.396 e. The van der Waals surface area contributed by atoms with Gasteiger partial charge in [-0.05, 0) is 25.5 Å². The second kappa shape index (κ2) is 8.96. The van der Waals surface area contributed by atoms with Gasteiger partial charge in [0, 0.05) is 18.6 Å². The highest BCUT2D eigenvalue weighted by atomic mass is 32.2. The van der Waals surface area contributed by atoms with Crippen molar-refractivity contribution in [2.45, 2.75) is 24.3 Å². The molecule has 1 aromatic carbocycles. The standard InChI is InChI=1S/C14H21NO3S/c1-11-3-5-13(6-4-11)19-10-14(17)15-12(7-8-16)9-18-2/h3-6,12,16H,7-10H2,1-2H3,(H,15,17). The third-order valence-corrected chi connectivity index (χ3v) is 3.61. The van der Waals surface area contributed by atoms with Crippen LogP contribution in [0.1, 0.15) is 12.0 Å². The first-order valence-electron chi connectivity index (χ1n) is 6.24. The maximum absolute atomic E-state index is 11.8. The van der Waals surface area contributed by atoms with Gasteiger partial charge < -0.3 is 15.2 Å². The van der Waals surface area contributed by atoms with Crippen LogP contribution in [-0.4, -0.2) is 43.1 Å². The normalized spacial score (nSPS) is 12.2. The number of carbonyl (C=O) groups excluding carboxylic acids is 1. The van der Waals surface area contributed by atoms with Gasteiger partial charge in [0.15, 0.2) is 0 Å². The predicted molar refractivity (Wildman–Crippen MR) is 77.4 cm³/mol. The molecule has 0 aliphatic carbocycles. The molecule has 5 heteroatoms. The van der Waals surface area contributed by atoms with Crippen LogP contribution in [0.2, 0.25) is 0 Å². The Hall–Kier alpha value is -1.04. The predicted octanol–water partition coefficient (Wildman–Crippen LogP) is 1.60. The number of thioether (sulfide) groups is 1. The van der Waals surface area contributed by atoms with E-state index < -0.39 is 0 Å². The summed E-state index contributed by atoms with van der Waals surface area (Å²) < 4.78 is 5.00. The monoisotopic (exact) mass is 283 g/mol. The number of ether oxygens (including phenoxy) is 1. The van der Waals surface area contributed by atoms with E-state index in [1.54, 1.807) is 7.11 Å². The Kier molecular flexibility index (Phi) is 7.55. The Morgan fingerprint density at radius 3 is 2.68 bits per heavy atom. The summed E-state index contributed by atoms with van der Waals surface area (Å²) in [7, 11) is 1.58. The average Bonchev–Trinajstić information content (AvgIpc) is 2.39. The van der Waals surface area contributed by atoms with Gasteiger partial charge in [0.1, 0.15) is 0 Å². The molecule has 1 unspecified atom stereocenters. The van der Waals surface area contributed by atoms with E-state index in [0.29, 0.717) is 18.8 Å². The number of aliphatic hydroxyl groups excluding tert-OH is 1. The summed E-state index contributed by atoms with van der Waals surface area (Å²) in [4.78, 5) is 12.8. The van der Waals surface area contributed by atoms with Crippen molar-refractivity contribution in [3.05, 3.63) is 29.8 Å². The van der Waals surface area contributed by atoms with E-state index >= 15 is 0 Å². The molecule has 2 N–H and O–H groups in total. The van der Waals surface area contributed by atoms with E-state index in [4.69, 9.17) is 9.84 Å². The van der Waals surface area contributed by atoms with Crippen LogP contribution in [0.5, 0.6) is 0 Å². The lowest BCUT2D eigenvalue weighted by atomic mass is 10.2. The topological polar surface area (TPSA) is 58.6 Å². The molecule has 0 spiro atoms. The van der Waals surface area contributed by atoms with E-state index in [1.165, 1.54) is 17.3 Å². The van der Waals surface area contributed by atoms with E-state index in [-0.39, 0.29) is 18.6 Å². The summed E-state index contributed by atoms with van der Waals surface area (Å²) in [5.74, 6) is 0.329. The highest BCUT2D eigenvalue weighted by molar-refractivity contribution is 8.00. The van der Waals surface area contributed by atoms with Gasteiger partial charge in [-0.1, -0.05) is 17.7 Å². The highest BCUT2D eigenvalue weighted by Gasteiger charge is 2.11. The van der Waals surface area contributed by atoms with Crippen LogP contribution in [0.4, 0.5) is 0 Å². The van der Waals surface area contributed by atoms with Crippen molar-refractivity contribution >= 4 is 17.7 Å². The number of hydrogen-bond acceptors (Lipinski definition) is 4. The first-order chi connectivity index (χ1) is 9.15. The maximum atomic E-state index is 11.8. The fourth-order valence-electron chi connectivity index (χ4n) is 1.61. The first kappa shape index (κ1) is 16.0. The van der Waals surface area contributed by atoms with Gasteiger partial charge in [-0.25, -0.2) is 0 Å². The van der Waals surface area contributed by atoms with Crippen LogP contribution in [0.3, 0.4) is 0 Å². The van der Waals surface area contributed by atoms with Gasteiger partial charge in [-0.2, -0.15) is 0 Å². The Morgan fingerprint density at radius 2 is 2.11 bits per heavy atom. The molecule has 1 rings (SSSR count). The molecule has 0 aromatic heterocycles. The number of aliphatic hydroxyl groups is 1. The number of amides is 1. The van der Waals surface area contributed by atoms with E-state index in [2.05, 4.69) is 5.32 Å². The molecule has 1 atom stereocenters. The van der Waals surface area contributed by atoms with Crippen LogP contribution in [0, 0.1) is 6.92 Å². The molecule has 0 radical (unpaired) electrons. The summed E-state index contributed by atoms with van der Waals surface area (Å²) in [5, 5.41) is 11.8. The molecule has 1 aromatic rings. The van der Waals surface area contributed by atoms with Gasteiger partial charge in [0.25, 0.3) is 0 Å². The fraction of sp³-hybridized carbons (Fsp3) is 0.500. The van der Waals surface area contributed by atoms with Crippen LogP contribution in [-0.2, 0) is 9.53 Å². The minimum Gasteiger partial charge on any atom is -0.396 e. The van der Waals surface area contributed by atoms with Crippen molar-refractivity contribution in [3.8, 4) is 0 Å². The van der Waals surface area contributed by atoms with Crippen molar-refractivity contribution in [1.82, 2.24) is 5.32 Å². The molecule has 0 saturated heterocycles. The SMILES string of the molecule is COCC(CCO)NC(=O)CSc1ccc(C)cc1. The molecule has 4 nitrogen and oxygen atoms in total. The second-order valence-electron chi connectivity index (χ2n) is 4.33. The molecule has 106 valence electrons. The fourth-order valence-corrected chi connectivity index (χ4v) is 2.32. The van der Waals surface area contributed by atoms with Crippen molar-refractivity contribution < 1.29 is 14.6 Å². The summed E-state index contributed by atoms with van der Waals surface area (Å²) in [6.45, 7) is 2.49. The van der Waals surface area contributed by atoms with Gasteiger partial charge in [-0.15, -0.1) is 11.8 Å². The number of benzene rings is 1. The van der Waals surface area contributed by atoms with E-state index in [1.807, 2.05) is 31.2 Å². The molecular weight excluding hydrogens is 262 g/mol. The summed E-state index contributed by atoms with van der Waals surface area (Å²) in [5.41, 5.74) is 1.21.